The van der Waals surface area contributed by atoms with Gasteiger partial charge in [0.25, 0.3) is 0 Å². The summed E-state index contributed by atoms with van der Waals surface area (Å²) < 4.78 is 11.2. The van der Waals surface area contributed by atoms with E-state index in [9.17, 15) is 14.7 Å². The van der Waals surface area contributed by atoms with Crippen molar-refractivity contribution >= 4 is 17.8 Å². The van der Waals surface area contributed by atoms with Crippen LogP contribution in [-0.4, -0.2) is 29.1 Å². The molecule has 0 saturated carbocycles. The van der Waals surface area contributed by atoms with Gasteiger partial charge >= 0.3 is 5.97 Å². The average Bonchev–Trinajstić information content (AvgIpc) is 2.66. The maximum absolute atomic E-state index is 11.7. The molecule has 0 bridgehead atoms. The summed E-state index contributed by atoms with van der Waals surface area (Å²) >= 11 is 0. The van der Waals surface area contributed by atoms with Crippen LogP contribution in [0.3, 0.4) is 0 Å². The van der Waals surface area contributed by atoms with E-state index < -0.39 is 5.97 Å². The van der Waals surface area contributed by atoms with Crippen LogP contribution in [0.4, 0.5) is 0 Å². The van der Waals surface area contributed by atoms with Crippen molar-refractivity contribution in [1.29, 1.82) is 0 Å². The minimum Gasteiger partial charge on any atom is -0.507 e. The first kappa shape index (κ1) is 21.0. The molecule has 0 fully saturated rings. The highest BCUT2D eigenvalue weighted by Crippen LogP contribution is 2.33. The summed E-state index contributed by atoms with van der Waals surface area (Å²) in [6.07, 6.45) is 3.89. The lowest BCUT2D eigenvalue weighted by Crippen LogP contribution is -2.03. The number of carboxylic acids is 1. The van der Waals surface area contributed by atoms with Crippen LogP contribution in [-0.2, 0) is 17.8 Å². The predicted octanol–water partition coefficient (Wildman–Crippen LogP) is 4.23. The fourth-order valence-electron chi connectivity index (χ4n) is 2.83. The molecule has 148 valence electrons. The molecule has 2 aromatic rings. The van der Waals surface area contributed by atoms with Crippen molar-refractivity contribution in [2.24, 2.45) is 0 Å². The van der Waals surface area contributed by atoms with E-state index in [-0.39, 0.29) is 23.7 Å². The Morgan fingerprint density at radius 3 is 2.50 bits per heavy atom. The normalized spacial score (nSPS) is 10.8. The zero-order valence-electron chi connectivity index (χ0n) is 16.2. The monoisotopic (exact) mass is 384 g/mol. The average molecular weight is 384 g/mol. The van der Waals surface area contributed by atoms with Crippen molar-refractivity contribution in [3.05, 3.63) is 58.7 Å². The van der Waals surface area contributed by atoms with Gasteiger partial charge in [-0.15, -0.1) is 0 Å². The second-order valence-corrected chi connectivity index (χ2v) is 6.28. The Kier molecular flexibility index (Phi) is 7.21. The third-order valence-electron chi connectivity index (χ3n) is 4.22. The van der Waals surface area contributed by atoms with E-state index in [1.807, 2.05) is 13.0 Å². The van der Waals surface area contributed by atoms with Crippen LogP contribution in [0, 0.1) is 0 Å². The highest BCUT2D eigenvalue weighted by molar-refractivity contribution is 5.97. The summed E-state index contributed by atoms with van der Waals surface area (Å²) in [5.41, 5.74) is 2.36. The van der Waals surface area contributed by atoms with Crippen molar-refractivity contribution in [2.45, 2.75) is 33.3 Å². The molecule has 6 nitrogen and oxygen atoms in total. The maximum atomic E-state index is 11.7. The van der Waals surface area contributed by atoms with E-state index in [4.69, 9.17) is 14.6 Å². The molecule has 0 radical (unpaired) electrons. The minimum absolute atomic E-state index is 0.0291. The van der Waals surface area contributed by atoms with Crippen LogP contribution >= 0.6 is 0 Å². The third kappa shape index (κ3) is 5.13. The van der Waals surface area contributed by atoms with Crippen LogP contribution < -0.4 is 9.47 Å². The van der Waals surface area contributed by atoms with Crippen molar-refractivity contribution in [3.8, 4) is 17.2 Å². The quantitative estimate of drug-likeness (QED) is 0.496. The number of carbonyl (C=O) groups excluding carboxylic acids is 1. The number of carboxylic acid groups (broad SMARTS) is 1. The molecular weight excluding hydrogens is 360 g/mol. The first-order valence-corrected chi connectivity index (χ1v) is 8.93. The molecule has 0 aliphatic rings. The first-order chi connectivity index (χ1) is 13.4. The van der Waals surface area contributed by atoms with Gasteiger partial charge in [0.05, 0.1) is 12.7 Å². The number of phenols is 1. The highest BCUT2D eigenvalue weighted by atomic mass is 16.5. The lowest BCUT2D eigenvalue weighted by atomic mass is 10.0. The molecule has 0 aliphatic heterocycles. The first-order valence-electron chi connectivity index (χ1n) is 8.93. The van der Waals surface area contributed by atoms with Crippen LogP contribution in [0.25, 0.3) is 6.08 Å². The van der Waals surface area contributed by atoms with Crippen LogP contribution in [0.15, 0.2) is 36.4 Å². The van der Waals surface area contributed by atoms with E-state index in [1.54, 1.807) is 24.3 Å². The molecule has 2 rings (SSSR count). The number of Topliss-reactive ketones (excluding diaryl/α,β-unsaturated/α-hetero) is 1. The number of methoxy groups -OCH3 is 1. The Morgan fingerprint density at radius 2 is 1.89 bits per heavy atom. The molecule has 6 heteroatoms. The number of phenolic OH excluding ortho intramolecular Hbond substituents is 1. The number of rotatable bonds is 9. The Balaban J connectivity index is 2.25. The number of benzene rings is 2. The van der Waals surface area contributed by atoms with Gasteiger partial charge in [-0.1, -0.05) is 25.5 Å². The van der Waals surface area contributed by atoms with Gasteiger partial charge in [0.15, 0.2) is 5.78 Å². The topological polar surface area (TPSA) is 93.1 Å². The number of hydrogen-bond acceptors (Lipinski definition) is 5. The molecule has 0 aliphatic carbocycles. The standard InChI is InChI=1S/C22H24O6/c1-4-5-18-19(10-9-17(14(2)23)22(18)26)28-13-15-6-7-16(8-11-21(24)25)20(12-15)27-3/h6-12,26H,4-5,13H2,1-3H3,(H,24,25)/b11-8+. The Labute approximate surface area is 164 Å². The van der Waals surface area contributed by atoms with E-state index >= 15 is 0 Å². The SMILES string of the molecule is CCCc1c(OCc2ccc(/C=C/C(=O)O)c(OC)c2)ccc(C(C)=O)c1O. The van der Waals surface area contributed by atoms with Crippen LogP contribution in [0.2, 0.25) is 0 Å². The number of aromatic hydroxyl groups is 1. The predicted molar refractivity (Wildman–Crippen MR) is 106 cm³/mol. The van der Waals surface area contributed by atoms with Crippen molar-refractivity contribution in [3.63, 3.8) is 0 Å². The number of aliphatic carboxylic acids is 1. The Morgan fingerprint density at radius 1 is 1.14 bits per heavy atom. The smallest absolute Gasteiger partial charge is 0.328 e. The van der Waals surface area contributed by atoms with Gasteiger partial charge in [-0.2, -0.15) is 0 Å². The number of hydrogen-bond donors (Lipinski definition) is 2. The molecule has 2 aromatic carbocycles. The molecule has 2 N–H and O–H groups in total. The maximum Gasteiger partial charge on any atom is 0.328 e. The highest BCUT2D eigenvalue weighted by Gasteiger charge is 2.16. The second-order valence-electron chi connectivity index (χ2n) is 6.28. The lowest BCUT2D eigenvalue weighted by molar-refractivity contribution is -0.131. The largest absolute Gasteiger partial charge is 0.507 e. The summed E-state index contributed by atoms with van der Waals surface area (Å²) in [5, 5.41) is 19.2. The molecule has 0 spiro atoms. The molecule has 0 aromatic heterocycles. The molecule has 28 heavy (non-hydrogen) atoms. The Bertz CT molecular complexity index is 898. The van der Waals surface area contributed by atoms with Gasteiger partial charge in [-0.05, 0) is 43.2 Å². The van der Waals surface area contributed by atoms with E-state index in [0.717, 1.165) is 18.1 Å². The van der Waals surface area contributed by atoms with Gasteiger partial charge in [0, 0.05) is 17.2 Å². The summed E-state index contributed by atoms with van der Waals surface area (Å²) in [7, 11) is 1.51. The minimum atomic E-state index is -1.04. The summed E-state index contributed by atoms with van der Waals surface area (Å²) in [6, 6.07) is 8.59. The summed E-state index contributed by atoms with van der Waals surface area (Å²) in [5.74, 6) is -0.207. The summed E-state index contributed by atoms with van der Waals surface area (Å²) in [4.78, 5) is 22.3. The molecule has 0 heterocycles. The van der Waals surface area contributed by atoms with Gasteiger partial charge in [0.2, 0.25) is 0 Å². The molecule has 0 amide bonds. The van der Waals surface area contributed by atoms with E-state index in [0.29, 0.717) is 29.0 Å². The van der Waals surface area contributed by atoms with E-state index in [2.05, 4.69) is 0 Å². The fourth-order valence-corrected chi connectivity index (χ4v) is 2.83. The van der Waals surface area contributed by atoms with Gasteiger partial charge in [0.1, 0.15) is 23.9 Å². The zero-order chi connectivity index (χ0) is 20.7. The van der Waals surface area contributed by atoms with Crippen LogP contribution in [0.1, 0.15) is 47.3 Å². The van der Waals surface area contributed by atoms with Gasteiger partial charge in [-0.25, -0.2) is 4.79 Å². The van der Waals surface area contributed by atoms with Gasteiger partial charge in [-0.3, -0.25) is 4.79 Å². The zero-order valence-corrected chi connectivity index (χ0v) is 16.2. The molecule has 0 atom stereocenters. The molecular formula is C22H24O6. The number of ketones is 1. The van der Waals surface area contributed by atoms with E-state index in [1.165, 1.54) is 20.1 Å². The van der Waals surface area contributed by atoms with Gasteiger partial charge < -0.3 is 19.7 Å². The number of carbonyl (C=O) groups is 2. The van der Waals surface area contributed by atoms with Crippen molar-refractivity contribution in [2.75, 3.05) is 7.11 Å². The van der Waals surface area contributed by atoms with Crippen molar-refractivity contribution < 1.29 is 29.3 Å². The van der Waals surface area contributed by atoms with Crippen molar-refractivity contribution in [1.82, 2.24) is 0 Å². The molecule has 0 saturated heterocycles. The number of ether oxygens (including phenoxy) is 2. The van der Waals surface area contributed by atoms with Crippen LogP contribution in [0.5, 0.6) is 17.2 Å². The molecule has 0 unspecified atom stereocenters. The third-order valence-corrected chi connectivity index (χ3v) is 4.22. The fraction of sp³-hybridized carbons (Fsp3) is 0.273. The lowest BCUT2D eigenvalue weighted by Gasteiger charge is -2.15. The second kappa shape index (κ2) is 9.60. The summed E-state index contributed by atoms with van der Waals surface area (Å²) in [6.45, 7) is 3.63. The Hall–Kier alpha value is -3.28.